The van der Waals surface area contributed by atoms with Gasteiger partial charge < -0.3 is 10.5 Å². The quantitative estimate of drug-likeness (QED) is 0.602. The van der Waals surface area contributed by atoms with Gasteiger partial charge in [-0.2, -0.15) is 11.8 Å². The van der Waals surface area contributed by atoms with Crippen molar-refractivity contribution in [2.24, 2.45) is 0 Å². The van der Waals surface area contributed by atoms with Crippen molar-refractivity contribution in [2.45, 2.75) is 0 Å². The molecular formula is C11H17NO3S2. The van der Waals surface area contributed by atoms with E-state index in [9.17, 15) is 8.42 Å². The fraction of sp³-hybridized carbons (Fsp3) is 0.455. The lowest BCUT2D eigenvalue weighted by Gasteiger charge is -2.06. The second kappa shape index (κ2) is 6.76. The highest BCUT2D eigenvalue weighted by Gasteiger charge is 2.01. The predicted molar refractivity (Wildman–Crippen MR) is 73.4 cm³/mol. The summed E-state index contributed by atoms with van der Waals surface area (Å²) in [5.74, 6) is 2.34. The van der Waals surface area contributed by atoms with Crippen LogP contribution in [0.1, 0.15) is 0 Å². The molecule has 0 aromatic heterocycles. The normalized spacial score (nSPS) is 11.4. The maximum atomic E-state index is 10.9. The van der Waals surface area contributed by atoms with Gasteiger partial charge in [-0.3, -0.25) is 0 Å². The Morgan fingerprint density at radius 3 is 2.76 bits per heavy atom. The van der Waals surface area contributed by atoms with Gasteiger partial charge in [0.1, 0.15) is 15.6 Å². The molecule has 0 radical (unpaired) electrons. The summed E-state index contributed by atoms with van der Waals surface area (Å²) in [4.78, 5) is 0. The largest absolute Gasteiger partial charge is 0.493 e. The van der Waals surface area contributed by atoms with Gasteiger partial charge in [-0.1, -0.05) is 6.07 Å². The maximum Gasteiger partial charge on any atom is 0.148 e. The highest BCUT2D eigenvalue weighted by atomic mass is 32.2. The van der Waals surface area contributed by atoms with Crippen LogP contribution in [-0.4, -0.2) is 38.5 Å². The molecule has 0 heterocycles. The molecule has 4 nitrogen and oxygen atoms in total. The van der Waals surface area contributed by atoms with Gasteiger partial charge in [0.05, 0.1) is 12.4 Å². The molecular weight excluding hydrogens is 258 g/mol. The van der Waals surface area contributed by atoms with Crippen molar-refractivity contribution in [3.05, 3.63) is 24.3 Å². The van der Waals surface area contributed by atoms with Crippen molar-refractivity contribution in [2.75, 3.05) is 35.9 Å². The molecule has 0 fully saturated rings. The molecule has 0 bridgehead atoms. The van der Waals surface area contributed by atoms with Gasteiger partial charge in [-0.25, -0.2) is 8.42 Å². The van der Waals surface area contributed by atoms with Crippen LogP contribution in [0.2, 0.25) is 0 Å². The first kappa shape index (κ1) is 14.2. The zero-order valence-electron chi connectivity index (χ0n) is 9.76. The number of anilines is 1. The fourth-order valence-corrected chi connectivity index (χ4v) is 3.22. The summed E-state index contributed by atoms with van der Waals surface area (Å²) in [5.41, 5.74) is 6.28. The number of benzene rings is 1. The standard InChI is InChI=1S/C11H17NO3S2/c1-17(13,14)8-7-16-6-5-15-11-4-2-3-10(12)9-11/h2-4,9H,5-8,12H2,1H3. The average molecular weight is 275 g/mol. The van der Waals surface area contributed by atoms with Crippen LogP contribution in [0.3, 0.4) is 0 Å². The minimum Gasteiger partial charge on any atom is -0.493 e. The van der Waals surface area contributed by atoms with Crippen molar-refractivity contribution in [3.63, 3.8) is 0 Å². The molecule has 0 aliphatic heterocycles. The number of nitrogens with two attached hydrogens (primary N) is 1. The van der Waals surface area contributed by atoms with E-state index >= 15 is 0 Å². The van der Waals surface area contributed by atoms with Crippen molar-refractivity contribution in [3.8, 4) is 5.75 Å². The van der Waals surface area contributed by atoms with E-state index < -0.39 is 9.84 Å². The zero-order chi connectivity index (χ0) is 12.7. The third-order valence-corrected chi connectivity index (χ3v) is 4.11. The van der Waals surface area contributed by atoms with E-state index in [0.717, 1.165) is 11.5 Å². The lowest BCUT2D eigenvalue weighted by Crippen LogP contribution is -2.07. The van der Waals surface area contributed by atoms with Crippen LogP contribution in [-0.2, 0) is 9.84 Å². The summed E-state index contributed by atoms with van der Waals surface area (Å²) in [7, 11) is -2.85. The van der Waals surface area contributed by atoms with E-state index in [1.165, 1.54) is 6.26 Å². The molecule has 0 saturated carbocycles. The van der Waals surface area contributed by atoms with Crippen LogP contribution in [0, 0.1) is 0 Å². The van der Waals surface area contributed by atoms with Gasteiger partial charge in [-0.15, -0.1) is 0 Å². The highest BCUT2D eigenvalue weighted by molar-refractivity contribution is 8.00. The molecule has 0 aliphatic carbocycles. The molecule has 0 amide bonds. The van der Waals surface area contributed by atoms with Gasteiger partial charge in [0.15, 0.2) is 0 Å². The number of hydrogen-bond acceptors (Lipinski definition) is 5. The predicted octanol–water partition coefficient (Wildman–Crippen LogP) is 1.43. The average Bonchev–Trinajstić information content (AvgIpc) is 2.22. The summed E-state index contributed by atoms with van der Waals surface area (Å²) < 4.78 is 27.2. The SMILES string of the molecule is CS(=O)(=O)CCSCCOc1cccc(N)c1. The fourth-order valence-electron chi connectivity index (χ4n) is 1.14. The summed E-state index contributed by atoms with van der Waals surface area (Å²) in [6.45, 7) is 0.553. The molecule has 17 heavy (non-hydrogen) atoms. The van der Waals surface area contributed by atoms with Gasteiger partial charge in [-0.05, 0) is 12.1 Å². The van der Waals surface area contributed by atoms with Crippen molar-refractivity contribution >= 4 is 27.3 Å². The zero-order valence-corrected chi connectivity index (χ0v) is 11.4. The first-order chi connectivity index (χ1) is 7.97. The van der Waals surface area contributed by atoms with Crippen LogP contribution < -0.4 is 10.5 Å². The number of hydrogen-bond donors (Lipinski definition) is 1. The van der Waals surface area contributed by atoms with Crippen LogP contribution in [0.5, 0.6) is 5.75 Å². The van der Waals surface area contributed by atoms with E-state index in [-0.39, 0.29) is 5.75 Å². The van der Waals surface area contributed by atoms with Gasteiger partial charge in [0, 0.05) is 29.5 Å². The summed E-state index contributed by atoms with van der Waals surface area (Å²) in [5, 5.41) is 0. The Morgan fingerprint density at radius 2 is 2.12 bits per heavy atom. The molecule has 96 valence electrons. The monoisotopic (exact) mass is 275 g/mol. The maximum absolute atomic E-state index is 10.9. The molecule has 0 unspecified atom stereocenters. The molecule has 6 heteroatoms. The number of rotatable bonds is 7. The van der Waals surface area contributed by atoms with E-state index in [1.807, 2.05) is 12.1 Å². The lowest BCUT2D eigenvalue weighted by atomic mass is 10.3. The molecule has 1 rings (SSSR count). The van der Waals surface area contributed by atoms with Crippen LogP contribution in [0.15, 0.2) is 24.3 Å². The molecule has 0 saturated heterocycles. The topological polar surface area (TPSA) is 69.4 Å². The minimum absolute atomic E-state index is 0.218. The van der Waals surface area contributed by atoms with E-state index in [2.05, 4.69) is 0 Å². The second-order valence-electron chi connectivity index (χ2n) is 3.66. The molecule has 2 N–H and O–H groups in total. The number of thioether (sulfide) groups is 1. The Bertz CT molecular complexity index is 446. The van der Waals surface area contributed by atoms with E-state index in [0.29, 0.717) is 18.0 Å². The van der Waals surface area contributed by atoms with Gasteiger partial charge in [0.25, 0.3) is 0 Å². The first-order valence-corrected chi connectivity index (χ1v) is 8.43. The number of sulfone groups is 1. The van der Waals surface area contributed by atoms with Crippen LogP contribution in [0.25, 0.3) is 0 Å². The Labute approximate surface area is 106 Å². The smallest absolute Gasteiger partial charge is 0.148 e. The molecule has 0 atom stereocenters. The number of ether oxygens (including phenoxy) is 1. The van der Waals surface area contributed by atoms with Crippen molar-refractivity contribution < 1.29 is 13.2 Å². The van der Waals surface area contributed by atoms with Crippen molar-refractivity contribution in [1.29, 1.82) is 0 Å². The second-order valence-corrected chi connectivity index (χ2v) is 7.15. The summed E-state index contributed by atoms with van der Waals surface area (Å²) in [6, 6.07) is 7.24. The van der Waals surface area contributed by atoms with E-state index in [1.54, 1.807) is 23.9 Å². The summed E-state index contributed by atoms with van der Waals surface area (Å²) >= 11 is 1.57. The third kappa shape index (κ3) is 7.12. The van der Waals surface area contributed by atoms with Crippen LogP contribution >= 0.6 is 11.8 Å². The lowest BCUT2D eigenvalue weighted by molar-refractivity contribution is 0.344. The molecule has 1 aromatic carbocycles. The minimum atomic E-state index is -2.85. The molecule has 0 spiro atoms. The van der Waals surface area contributed by atoms with Crippen molar-refractivity contribution in [1.82, 2.24) is 0 Å². The Hall–Kier alpha value is -0.880. The Kier molecular flexibility index (Phi) is 5.64. The third-order valence-electron chi connectivity index (χ3n) is 1.95. The number of nitrogen functional groups attached to an aromatic ring is 1. The Balaban J connectivity index is 2.13. The van der Waals surface area contributed by atoms with Gasteiger partial charge in [0.2, 0.25) is 0 Å². The van der Waals surface area contributed by atoms with Gasteiger partial charge >= 0.3 is 0 Å². The van der Waals surface area contributed by atoms with Crippen LogP contribution in [0.4, 0.5) is 5.69 Å². The molecule has 1 aromatic rings. The first-order valence-electron chi connectivity index (χ1n) is 5.21. The Morgan fingerprint density at radius 1 is 1.35 bits per heavy atom. The molecule has 0 aliphatic rings. The summed E-state index contributed by atoms with van der Waals surface area (Å²) in [6.07, 6.45) is 1.25. The van der Waals surface area contributed by atoms with E-state index in [4.69, 9.17) is 10.5 Å². The highest BCUT2D eigenvalue weighted by Crippen LogP contribution is 2.14.